The van der Waals surface area contributed by atoms with Crippen LogP contribution in [-0.2, 0) is 19.6 Å². The molecule has 11 heteroatoms. The zero-order valence-corrected chi connectivity index (χ0v) is 19.9. The molecule has 0 bridgehead atoms. The van der Waals surface area contributed by atoms with Gasteiger partial charge in [-0.05, 0) is 104 Å². The lowest BCUT2D eigenvalue weighted by Gasteiger charge is -2.10. The Labute approximate surface area is 190 Å². The van der Waals surface area contributed by atoms with E-state index < -0.39 is 33.6 Å². The summed E-state index contributed by atoms with van der Waals surface area (Å²) in [5.74, 6) is -1.47. The highest BCUT2D eigenvalue weighted by Crippen LogP contribution is 2.23. The molecule has 0 fully saturated rings. The third-order valence-electron chi connectivity index (χ3n) is 2.88. The van der Waals surface area contributed by atoms with Crippen molar-refractivity contribution in [2.24, 2.45) is 0 Å². The normalized spacial score (nSPS) is 11.1. The van der Waals surface area contributed by atoms with E-state index in [0.717, 1.165) is 35.0 Å². The summed E-state index contributed by atoms with van der Waals surface area (Å²) in [5.41, 5.74) is 0.347. The Morgan fingerprint density at radius 2 is 1.65 bits per heavy atom. The summed E-state index contributed by atoms with van der Waals surface area (Å²) in [6.07, 6.45) is 0. The van der Waals surface area contributed by atoms with E-state index in [-0.39, 0.29) is 5.75 Å². The van der Waals surface area contributed by atoms with E-state index in [2.05, 4.69) is 45.2 Å². The number of hydrogen-bond acceptors (Lipinski definition) is 7. The number of halogens is 3. The molecule has 0 aliphatic carbocycles. The Bertz CT molecular complexity index is 956. The second-order valence-corrected chi connectivity index (χ2v) is 9.59. The molecule has 0 spiro atoms. The summed E-state index contributed by atoms with van der Waals surface area (Å²) in [7, 11) is -4.57. The second kappa shape index (κ2) is 9.11. The second-order valence-electron chi connectivity index (χ2n) is 4.72. The quantitative estimate of drug-likeness (QED) is 0.154. The van der Waals surface area contributed by atoms with Crippen molar-refractivity contribution in [3.05, 3.63) is 52.7 Å². The fourth-order valence-corrected chi connectivity index (χ4v) is 4.59. The Balaban J connectivity index is 1.98. The van der Waals surface area contributed by atoms with Gasteiger partial charge in [0.1, 0.15) is 15.9 Å². The number of hydrogen-bond donors (Lipinski definition) is 0. The first-order valence-electron chi connectivity index (χ1n) is 6.66. The van der Waals surface area contributed by atoms with Crippen LogP contribution in [-0.4, -0.2) is 31.5 Å². The molecule has 138 valence electrons. The molecule has 0 atom stereocenters. The molecule has 0 aromatic heterocycles. The SMILES string of the molecule is O=C(COC(=O)c1cc(I)cc(I)c1I)Oc1ccc(S(=O)(=O)[O-])cc1. The molecule has 2 aromatic carbocycles. The molecule has 0 aliphatic heterocycles. The predicted octanol–water partition coefficient (Wildman–Crippen LogP) is 3.17. The van der Waals surface area contributed by atoms with Gasteiger partial charge in [0, 0.05) is 10.7 Å². The first-order chi connectivity index (χ1) is 12.1. The molecule has 2 aromatic rings. The van der Waals surface area contributed by atoms with Gasteiger partial charge in [-0.25, -0.2) is 18.0 Å². The van der Waals surface area contributed by atoms with Crippen molar-refractivity contribution >= 4 is 89.8 Å². The van der Waals surface area contributed by atoms with Crippen molar-refractivity contribution in [3.8, 4) is 5.75 Å². The number of benzene rings is 2. The van der Waals surface area contributed by atoms with Crippen LogP contribution in [0.25, 0.3) is 0 Å². The van der Waals surface area contributed by atoms with Gasteiger partial charge in [-0.15, -0.1) is 0 Å². The van der Waals surface area contributed by atoms with Crippen LogP contribution in [0.1, 0.15) is 10.4 Å². The summed E-state index contributed by atoms with van der Waals surface area (Å²) in [6, 6.07) is 7.92. The topological polar surface area (TPSA) is 110 Å². The fourth-order valence-electron chi connectivity index (χ4n) is 1.74. The first-order valence-corrected chi connectivity index (χ1v) is 11.3. The van der Waals surface area contributed by atoms with Crippen LogP contribution >= 0.6 is 67.8 Å². The van der Waals surface area contributed by atoms with E-state index in [0.29, 0.717) is 5.56 Å². The van der Waals surface area contributed by atoms with Gasteiger partial charge in [-0.1, -0.05) is 0 Å². The van der Waals surface area contributed by atoms with E-state index in [4.69, 9.17) is 9.47 Å². The Kier molecular flexibility index (Phi) is 7.63. The van der Waals surface area contributed by atoms with Crippen LogP contribution in [0.2, 0.25) is 0 Å². The lowest BCUT2D eigenvalue weighted by atomic mass is 10.2. The predicted molar refractivity (Wildman–Crippen MR) is 115 cm³/mol. The van der Waals surface area contributed by atoms with Crippen LogP contribution in [0.4, 0.5) is 0 Å². The number of carbonyl (C=O) groups is 2. The van der Waals surface area contributed by atoms with E-state index in [1.54, 1.807) is 6.07 Å². The zero-order chi connectivity index (χ0) is 19.5. The van der Waals surface area contributed by atoms with Gasteiger partial charge in [-0.3, -0.25) is 0 Å². The van der Waals surface area contributed by atoms with Crippen LogP contribution in [0.5, 0.6) is 5.75 Å². The molecule has 0 amide bonds. The molecule has 2 rings (SSSR count). The Morgan fingerprint density at radius 3 is 2.23 bits per heavy atom. The molecule has 0 unspecified atom stereocenters. The van der Waals surface area contributed by atoms with Crippen LogP contribution < -0.4 is 4.74 Å². The van der Waals surface area contributed by atoms with Crippen LogP contribution in [0.15, 0.2) is 41.3 Å². The number of rotatable bonds is 5. The third-order valence-corrected chi connectivity index (χ3v) is 7.40. The Hall–Kier alpha value is -0.520. The van der Waals surface area contributed by atoms with Crippen molar-refractivity contribution < 1.29 is 32.0 Å². The molecular weight excluding hydrogens is 705 g/mol. The highest BCUT2D eigenvalue weighted by Gasteiger charge is 2.17. The standard InChI is InChI=1S/C15H9I3O7S/c16-8-5-11(14(18)12(17)6-8)15(20)24-7-13(19)25-9-1-3-10(4-2-9)26(21,22)23/h1-6H,7H2,(H,21,22,23)/p-1. The molecule has 0 saturated carbocycles. The molecule has 0 heterocycles. The number of ether oxygens (including phenoxy) is 2. The third kappa shape index (κ3) is 6.00. The van der Waals surface area contributed by atoms with Crippen molar-refractivity contribution in [3.63, 3.8) is 0 Å². The Morgan fingerprint density at radius 1 is 1.04 bits per heavy atom. The molecule has 0 aliphatic rings. The average molecular weight is 713 g/mol. The summed E-state index contributed by atoms with van der Waals surface area (Å²) >= 11 is 6.19. The lowest BCUT2D eigenvalue weighted by Crippen LogP contribution is -2.19. The number of carbonyl (C=O) groups excluding carboxylic acids is 2. The van der Waals surface area contributed by atoms with E-state index in [9.17, 15) is 22.6 Å². The maximum atomic E-state index is 12.1. The van der Waals surface area contributed by atoms with Crippen molar-refractivity contribution in [2.75, 3.05) is 6.61 Å². The minimum atomic E-state index is -4.57. The van der Waals surface area contributed by atoms with Gasteiger partial charge in [-0.2, -0.15) is 0 Å². The summed E-state index contributed by atoms with van der Waals surface area (Å²) in [6.45, 7) is -0.613. The maximum absolute atomic E-state index is 12.1. The minimum absolute atomic E-state index is 0.0248. The molecular formula is C15H8I3O7S-. The van der Waals surface area contributed by atoms with Crippen molar-refractivity contribution in [1.82, 2.24) is 0 Å². The smallest absolute Gasteiger partial charge is 0.349 e. The molecule has 0 N–H and O–H groups in total. The van der Waals surface area contributed by atoms with Gasteiger partial charge >= 0.3 is 11.9 Å². The lowest BCUT2D eigenvalue weighted by molar-refractivity contribution is -0.137. The highest BCUT2D eigenvalue weighted by atomic mass is 127. The largest absolute Gasteiger partial charge is 0.744 e. The van der Waals surface area contributed by atoms with Crippen LogP contribution in [0, 0.1) is 10.7 Å². The summed E-state index contributed by atoms with van der Waals surface area (Å²) in [4.78, 5) is 23.5. The van der Waals surface area contributed by atoms with Crippen LogP contribution in [0.3, 0.4) is 0 Å². The van der Waals surface area contributed by atoms with E-state index in [1.807, 2.05) is 28.7 Å². The van der Waals surface area contributed by atoms with Gasteiger partial charge in [0.25, 0.3) is 0 Å². The van der Waals surface area contributed by atoms with Crippen molar-refractivity contribution in [1.29, 1.82) is 0 Å². The van der Waals surface area contributed by atoms with Crippen molar-refractivity contribution in [2.45, 2.75) is 4.90 Å². The molecule has 7 nitrogen and oxygen atoms in total. The molecule has 26 heavy (non-hydrogen) atoms. The summed E-state index contributed by atoms with van der Waals surface area (Å²) < 4.78 is 44.8. The van der Waals surface area contributed by atoms with Gasteiger partial charge in [0.2, 0.25) is 0 Å². The minimum Gasteiger partial charge on any atom is -0.744 e. The fraction of sp³-hybridized carbons (Fsp3) is 0.0667. The molecule has 0 radical (unpaired) electrons. The average Bonchev–Trinajstić information content (AvgIpc) is 2.55. The van der Waals surface area contributed by atoms with E-state index >= 15 is 0 Å². The molecule has 0 saturated heterocycles. The highest BCUT2D eigenvalue weighted by molar-refractivity contribution is 14.1. The first kappa shape index (κ1) is 21.8. The van der Waals surface area contributed by atoms with Gasteiger partial charge in [0.15, 0.2) is 6.61 Å². The zero-order valence-electron chi connectivity index (χ0n) is 12.6. The van der Waals surface area contributed by atoms with E-state index in [1.165, 1.54) is 0 Å². The monoisotopic (exact) mass is 713 g/mol. The van der Waals surface area contributed by atoms with Gasteiger partial charge in [0.05, 0.1) is 10.5 Å². The van der Waals surface area contributed by atoms with Gasteiger partial charge < -0.3 is 14.0 Å². The maximum Gasteiger partial charge on any atom is 0.349 e. The number of esters is 2. The summed E-state index contributed by atoms with van der Waals surface area (Å²) in [5, 5.41) is 0.